The van der Waals surface area contributed by atoms with Gasteiger partial charge in [-0.25, -0.2) is 8.42 Å². The van der Waals surface area contributed by atoms with Crippen LogP contribution in [-0.4, -0.2) is 31.7 Å². The number of methoxy groups -OCH3 is 1. The van der Waals surface area contributed by atoms with Gasteiger partial charge in [0, 0.05) is 11.6 Å². The molecule has 0 saturated carbocycles. The van der Waals surface area contributed by atoms with Crippen LogP contribution in [-0.2, 0) is 25.1 Å². The van der Waals surface area contributed by atoms with Gasteiger partial charge >= 0.3 is 5.97 Å². The quantitative estimate of drug-likeness (QED) is 0.447. The van der Waals surface area contributed by atoms with E-state index >= 15 is 0 Å². The standard InChI is InChI=1S/C12H15NO6S/c1-9(7-12(14)19-2)20(17,18)8-10-5-3-4-6-11(10)13(15)16/h3-6,9H,7-8H2,1-2H3. The van der Waals surface area contributed by atoms with Gasteiger partial charge < -0.3 is 4.74 Å². The van der Waals surface area contributed by atoms with Crippen LogP contribution in [0.5, 0.6) is 0 Å². The lowest BCUT2D eigenvalue weighted by molar-refractivity contribution is -0.385. The highest BCUT2D eigenvalue weighted by Crippen LogP contribution is 2.22. The molecule has 1 aromatic carbocycles. The van der Waals surface area contributed by atoms with E-state index in [1.807, 2.05) is 0 Å². The van der Waals surface area contributed by atoms with Crippen LogP contribution in [0.4, 0.5) is 5.69 Å². The van der Waals surface area contributed by atoms with E-state index in [0.29, 0.717) is 0 Å². The number of rotatable bonds is 6. The molecule has 0 amide bonds. The summed E-state index contributed by atoms with van der Waals surface area (Å²) < 4.78 is 28.6. The third-order valence-corrected chi connectivity index (χ3v) is 4.95. The van der Waals surface area contributed by atoms with Crippen LogP contribution in [0.15, 0.2) is 24.3 Å². The molecule has 1 aromatic rings. The van der Waals surface area contributed by atoms with Gasteiger partial charge in [-0.2, -0.15) is 0 Å². The Hall–Kier alpha value is -1.96. The molecule has 7 nitrogen and oxygen atoms in total. The molecule has 20 heavy (non-hydrogen) atoms. The number of para-hydroxylation sites is 1. The first-order valence-electron chi connectivity index (χ1n) is 5.78. The lowest BCUT2D eigenvalue weighted by atomic mass is 10.2. The first-order chi connectivity index (χ1) is 9.27. The maximum atomic E-state index is 12.1. The van der Waals surface area contributed by atoms with Gasteiger partial charge in [-0.3, -0.25) is 14.9 Å². The second-order valence-electron chi connectivity index (χ2n) is 4.28. The molecule has 0 radical (unpaired) electrons. The van der Waals surface area contributed by atoms with Gasteiger partial charge in [0.15, 0.2) is 9.84 Å². The average Bonchev–Trinajstić information content (AvgIpc) is 2.38. The summed E-state index contributed by atoms with van der Waals surface area (Å²) in [7, 11) is -2.51. The number of ether oxygens (including phenoxy) is 1. The summed E-state index contributed by atoms with van der Waals surface area (Å²) in [5.74, 6) is -1.12. The lowest BCUT2D eigenvalue weighted by Crippen LogP contribution is -2.23. The molecule has 0 N–H and O–H groups in total. The normalized spacial score (nSPS) is 12.7. The first kappa shape index (κ1) is 16.1. The molecule has 1 rings (SSSR count). The molecule has 0 heterocycles. The van der Waals surface area contributed by atoms with Gasteiger partial charge in [0.1, 0.15) is 0 Å². The number of hydrogen-bond donors (Lipinski definition) is 0. The molecule has 0 spiro atoms. The van der Waals surface area contributed by atoms with Crippen molar-refractivity contribution in [2.24, 2.45) is 0 Å². The minimum atomic E-state index is -3.68. The molecule has 1 atom stereocenters. The van der Waals surface area contributed by atoms with E-state index in [4.69, 9.17) is 0 Å². The smallest absolute Gasteiger partial charge is 0.306 e. The third-order valence-electron chi connectivity index (χ3n) is 2.84. The molecule has 0 aliphatic carbocycles. The number of hydrogen-bond acceptors (Lipinski definition) is 6. The SMILES string of the molecule is COC(=O)CC(C)S(=O)(=O)Cc1ccccc1[N+](=O)[O-]. The van der Waals surface area contributed by atoms with Gasteiger partial charge in [-0.05, 0) is 6.92 Å². The van der Waals surface area contributed by atoms with Gasteiger partial charge in [0.05, 0.1) is 29.5 Å². The van der Waals surface area contributed by atoms with E-state index in [9.17, 15) is 23.3 Å². The molecular weight excluding hydrogens is 286 g/mol. The summed E-state index contributed by atoms with van der Waals surface area (Å²) in [4.78, 5) is 21.3. The largest absolute Gasteiger partial charge is 0.469 e. The van der Waals surface area contributed by atoms with Gasteiger partial charge in [-0.15, -0.1) is 0 Å². The number of nitro groups is 1. The Kier molecular flexibility index (Phi) is 5.20. The fourth-order valence-corrected chi connectivity index (χ4v) is 2.97. The van der Waals surface area contributed by atoms with Crippen molar-refractivity contribution in [1.29, 1.82) is 0 Å². The van der Waals surface area contributed by atoms with E-state index < -0.39 is 31.7 Å². The molecule has 1 unspecified atom stereocenters. The number of benzene rings is 1. The Labute approximate surface area is 116 Å². The van der Waals surface area contributed by atoms with Crippen LogP contribution in [0.2, 0.25) is 0 Å². The molecule has 0 saturated heterocycles. The Morgan fingerprint density at radius 3 is 2.55 bits per heavy atom. The minimum absolute atomic E-state index is 0.106. The molecule has 110 valence electrons. The minimum Gasteiger partial charge on any atom is -0.469 e. The zero-order valence-corrected chi connectivity index (χ0v) is 11.9. The predicted octanol–water partition coefficient (Wildman–Crippen LogP) is 1.46. The van der Waals surface area contributed by atoms with Crippen LogP contribution < -0.4 is 0 Å². The van der Waals surface area contributed by atoms with Gasteiger partial charge in [0.25, 0.3) is 5.69 Å². The van der Waals surface area contributed by atoms with Crippen molar-refractivity contribution in [2.75, 3.05) is 7.11 Å². The van der Waals surface area contributed by atoms with Gasteiger partial charge in [-0.1, -0.05) is 18.2 Å². The maximum Gasteiger partial charge on any atom is 0.306 e. The van der Waals surface area contributed by atoms with E-state index in [1.165, 1.54) is 38.3 Å². The molecule has 0 aliphatic rings. The number of sulfone groups is 1. The van der Waals surface area contributed by atoms with Crippen LogP contribution in [0, 0.1) is 10.1 Å². The summed E-state index contributed by atoms with van der Waals surface area (Å²) >= 11 is 0. The van der Waals surface area contributed by atoms with Crippen LogP contribution in [0.25, 0.3) is 0 Å². The second kappa shape index (κ2) is 6.47. The summed E-state index contributed by atoms with van der Waals surface area (Å²) in [6, 6.07) is 5.63. The topological polar surface area (TPSA) is 104 Å². The molecule has 0 aromatic heterocycles. The summed E-state index contributed by atoms with van der Waals surface area (Å²) in [6.07, 6.45) is -0.278. The fourth-order valence-electron chi connectivity index (χ4n) is 1.62. The zero-order valence-electron chi connectivity index (χ0n) is 11.1. The first-order valence-corrected chi connectivity index (χ1v) is 7.50. The van der Waals surface area contributed by atoms with Crippen LogP contribution in [0.1, 0.15) is 18.9 Å². The van der Waals surface area contributed by atoms with E-state index in [0.717, 1.165) is 0 Å². The van der Waals surface area contributed by atoms with Crippen molar-refractivity contribution in [2.45, 2.75) is 24.3 Å². The highest BCUT2D eigenvalue weighted by molar-refractivity contribution is 7.91. The van der Waals surface area contributed by atoms with E-state index in [2.05, 4.69) is 4.74 Å². The maximum absolute atomic E-state index is 12.1. The predicted molar refractivity (Wildman–Crippen MR) is 71.8 cm³/mol. The van der Waals surface area contributed by atoms with Crippen molar-refractivity contribution in [3.63, 3.8) is 0 Å². The second-order valence-corrected chi connectivity index (χ2v) is 6.70. The Bertz CT molecular complexity index is 610. The Morgan fingerprint density at radius 2 is 2.00 bits per heavy atom. The van der Waals surface area contributed by atoms with Crippen LogP contribution >= 0.6 is 0 Å². The van der Waals surface area contributed by atoms with Crippen molar-refractivity contribution >= 4 is 21.5 Å². The summed E-state index contributed by atoms with van der Waals surface area (Å²) in [5.41, 5.74) is -0.143. The average molecular weight is 301 g/mol. The third kappa shape index (κ3) is 4.02. The van der Waals surface area contributed by atoms with Crippen molar-refractivity contribution in [3.8, 4) is 0 Å². The summed E-state index contributed by atoms with van der Waals surface area (Å²) in [6.45, 7) is 1.38. The molecular formula is C12H15NO6S. The molecule has 0 bridgehead atoms. The molecule has 8 heteroatoms. The number of nitro benzene ring substituents is 1. The van der Waals surface area contributed by atoms with Crippen molar-refractivity contribution < 1.29 is 22.9 Å². The lowest BCUT2D eigenvalue weighted by Gasteiger charge is -2.11. The number of nitrogens with zero attached hydrogens (tertiary/aromatic N) is 1. The highest BCUT2D eigenvalue weighted by atomic mass is 32.2. The van der Waals surface area contributed by atoms with E-state index in [-0.39, 0.29) is 17.7 Å². The van der Waals surface area contributed by atoms with Crippen molar-refractivity contribution in [1.82, 2.24) is 0 Å². The van der Waals surface area contributed by atoms with Crippen molar-refractivity contribution in [3.05, 3.63) is 39.9 Å². The van der Waals surface area contributed by atoms with Crippen LogP contribution in [0.3, 0.4) is 0 Å². The Morgan fingerprint density at radius 1 is 1.40 bits per heavy atom. The number of carbonyl (C=O) groups is 1. The Balaban J connectivity index is 2.97. The van der Waals surface area contributed by atoms with Gasteiger partial charge in [0.2, 0.25) is 0 Å². The zero-order chi connectivity index (χ0) is 15.3. The summed E-state index contributed by atoms with van der Waals surface area (Å²) in [5, 5.41) is 9.87. The number of esters is 1. The highest BCUT2D eigenvalue weighted by Gasteiger charge is 2.27. The molecule has 0 fully saturated rings. The number of carbonyl (C=O) groups excluding carboxylic acids is 1. The van der Waals surface area contributed by atoms with E-state index in [1.54, 1.807) is 0 Å². The fraction of sp³-hybridized carbons (Fsp3) is 0.417. The molecule has 0 aliphatic heterocycles. The monoisotopic (exact) mass is 301 g/mol.